The molecule has 2 rings (SSSR count). The highest BCUT2D eigenvalue weighted by Crippen LogP contribution is 2.07. The van der Waals surface area contributed by atoms with Gasteiger partial charge in [0.25, 0.3) is 0 Å². The molecule has 7 nitrogen and oxygen atoms in total. The van der Waals surface area contributed by atoms with Crippen molar-refractivity contribution in [2.45, 2.75) is 26.8 Å². The third kappa shape index (κ3) is 6.19. The van der Waals surface area contributed by atoms with Crippen LogP contribution in [-0.4, -0.2) is 38.8 Å². The van der Waals surface area contributed by atoms with Crippen LogP contribution >= 0.6 is 35.3 Å². The number of halogens is 1. The van der Waals surface area contributed by atoms with Crippen LogP contribution in [0.3, 0.4) is 0 Å². The van der Waals surface area contributed by atoms with Gasteiger partial charge in [-0.05, 0) is 13.8 Å². The SMILES string of the molecule is C=CCNC(=NCc1nnc(C)n1C)NCCc1csc(C)n1.I. The maximum Gasteiger partial charge on any atom is 0.191 e. The predicted octanol–water partition coefficient (Wildman–Crippen LogP) is 1.97. The average Bonchev–Trinajstić information content (AvgIpc) is 3.09. The number of hydrogen-bond acceptors (Lipinski definition) is 5. The van der Waals surface area contributed by atoms with Crippen LogP contribution in [0.15, 0.2) is 23.0 Å². The Balaban J connectivity index is 0.00000288. The molecule has 0 saturated heterocycles. The van der Waals surface area contributed by atoms with Gasteiger partial charge in [0.05, 0.1) is 10.7 Å². The van der Waals surface area contributed by atoms with E-state index in [-0.39, 0.29) is 24.0 Å². The third-order valence-electron chi connectivity index (χ3n) is 3.32. The van der Waals surface area contributed by atoms with E-state index < -0.39 is 0 Å². The second-order valence-electron chi connectivity index (χ2n) is 5.09. The second-order valence-corrected chi connectivity index (χ2v) is 6.15. The fourth-order valence-electron chi connectivity index (χ4n) is 1.91. The molecule has 0 unspecified atom stereocenters. The smallest absolute Gasteiger partial charge is 0.191 e. The van der Waals surface area contributed by atoms with Gasteiger partial charge >= 0.3 is 0 Å². The van der Waals surface area contributed by atoms with Gasteiger partial charge in [0, 0.05) is 31.9 Å². The van der Waals surface area contributed by atoms with Crippen LogP contribution in [0.2, 0.25) is 0 Å². The number of aryl methyl sites for hydroxylation is 2. The molecular weight excluding hydrogens is 437 g/mol. The molecule has 24 heavy (non-hydrogen) atoms. The van der Waals surface area contributed by atoms with Crippen molar-refractivity contribution >= 4 is 41.3 Å². The van der Waals surface area contributed by atoms with Crippen molar-refractivity contribution < 1.29 is 0 Å². The molecule has 132 valence electrons. The summed E-state index contributed by atoms with van der Waals surface area (Å²) in [6, 6.07) is 0. The highest BCUT2D eigenvalue weighted by atomic mass is 127. The Morgan fingerprint density at radius 2 is 2.17 bits per heavy atom. The maximum absolute atomic E-state index is 4.55. The fourth-order valence-corrected chi connectivity index (χ4v) is 2.56. The molecule has 0 aliphatic heterocycles. The van der Waals surface area contributed by atoms with Gasteiger partial charge in [-0.1, -0.05) is 6.08 Å². The highest BCUT2D eigenvalue weighted by molar-refractivity contribution is 14.0. The number of aromatic nitrogens is 4. The fraction of sp³-hybridized carbons (Fsp3) is 0.467. The van der Waals surface area contributed by atoms with Crippen molar-refractivity contribution in [3.05, 3.63) is 40.4 Å². The lowest BCUT2D eigenvalue weighted by atomic mass is 10.3. The first-order valence-corrected chi connectivity index (χ1v) is 8.37. The average molecular weight is 461 g/mol. The molecule has 2 aromatic rings. The monoisotopic (exact) mass is 461 g/mol. The Bertz CT molecular complexity index is 677. The second kappa shape index (κ2) is 10.4. The Hall–Kier alpha value is -1.49. The zero-order valence-corrected chi connectivity index (χ0v) is 17.4. The zero-order valence-electron chi connectivity index (χ0n) is 14.2. The summed E-state index contributed by atoms with van der Waals surface area (Å²) in [5.41, 5.74) is 1.10. The molecule has 0 aromatic carbocycles. The minimum Gasteiger partial charge on any atom is -0.356 e. The molecule has 9 heteroatoms. The van der Waals surface area contributed by atoms with E-state index in [1.807, 2.05) is 25.5 Å². The first-order valence-electron chi connectivity index (χ1n) is 7.49. The van der Waals surface area contributed by atoms with E-state index in [1.54, 1.807) is 17.4 Å². The lowest BCUT2D eigenvalue weighted by Gasteiger charge is -2.10. The standard InChI is InChI=1S/C15H23N7S.HI/c1-5-7-16-15(17-8-6-13-10-23-12(3)19-13)18-9-14-21-20-11(2)22(14)4;/h5,10H,1,6-9H2,2-4H3,(H2,16,17,18);1H. The van der Waals surface area contributed by atoms with E-state index in [9.17, 15) is 0 Å². The van der Waals surface area contributed by atoms with E-state index in [2.05, 4.69) is 42.8 Å². The number of nitrogens with one attached hydrogen (secondary N) is 2. The summed E-state index contributed by atoms with van der Waals surface area (Å²) in [6.07, 6.45) is 2.66. The normalized spacial score (nSPS) is 11.0. The molecule has 0 aliphatic rings. The largest absolute Gasteiger partial charge is 0.356 e. The number of rotatable bonds is 7. The number of guanidine groups is 1. The third-order valence-corrected chi connectivity index (χ3v) is 4.14. The van der Waals surface area contributed by atoms with Crippen molar-refractivity contribution in [1.82, 2.24) is 30.4 Å². The Kier molecular flexibility index (Phi) is 8.90. The van der Waals surface area contributed by atoms with E-state index in [4.69, 9.17) is 0 Å². The summed E-state index contributed by atoms with van der Waals surface area (Å²) < 4.78 is 1.94. The topological polar surface area (TPSA) is 80.0 Å². The number of thiazole rings is 1. The molecule has 0 amide bonds. The van der Waals surface area contributed by atoms with Gasteiger partial charge in [-0.15, -0.1) is 52.1 Å². The van der Waals surface area contributed by atoms with Gasteiger partial charge in [-0.2, -0.15) is 0 Å². The molecule has 0 spiro atoms. The van der Waals surface area contributed by atoms with Crippen LogP contribution < -0.4 is 10.6 Å². The Morgan fingerprint density at radius 3 is 2.75 bits per heavy atom. The van der Waals surface area contributed by atoms with Crippen LogP contribution in [0.25, 0.3) is 0 Å². The highest BCUT2D eigenvalue weighted by Gasteiger charge is 2.05. The van der Waals surface area contributed by atoms with Crippen molar-refractivity contribution in [2.75, 3.05) is 13.1 Å². The quantitative estimate of drug-likeness (QED) is 0.285. The van der Waals surface area contributed by atoms with Crippen LogP contribution in [0, 0.1) is 13.8 Å². The van der Waals surface area contributed by atoms with Crippen LogP contribution in [0.5, 0.6) is 0 Å². The van der Waals surface area contributed by atoms with Gasteiger partial charge in [0.15, 0.2) is 11.8 Å². The molecule has 0 radical (unpaired) electrons. The van der Waals surface area contributed by atoms with Crippen molar-refractivity contribution in [2.24, 2.45) is 12.0 Å². The summed E-state index contributed by atoms with van der Waals surface area (Å²) in [7, 11) is 1.94. The molecule has 0 bridgehead atoms. The molecule has 0 fully saturated rings. The van der Waals surface area contributed by atoms with Gasteiger partial charge in [0.2, 0.25) is 0 Å². The predicted molar refractivity (Wildman–Crippen MR) is 109 cm³/mol. The summed E-state index contributed by atoms with van der Waals surface area (Å²) in [5, 5.41) is 17.9. The van der Waals surface area contributed by atoms with Gasteiger partial charge in [-0.3, -0.25) is 0 Å². The van der Waals surface area contributed by atoms with Crippen LogP contribution in [0.1, 0.15) is 22.4 Å². The van der Waals surface area contributed by atoms with Crippen LogP contribution in [0.4, 0.5) is 0 Å². The van der Waals surface area contributed by atoms with Crippen LogP contribution in [-0.2, 0) is 20.0 Å². The van der Waals surface area contributed by atoms with Crippen molar-refractivity contribution in [1.29, 1.82) is 0 Å². The first-order chi connectivity index (χ1) is 11.1. The zero-order chi connectivity index (χ0) is 16.7. The summed E-state index contributed by atoms with van der Waals surface area (Å²) >= 11 is 1.67. The summed E-state index contributed by atoms with van der Waals surface area (Å²) in [5.74, 6) is 2.44. The lowest BCUT2D eigenvalue weighted by Crippen LogP contribution is -2.38. The van der Waals surface area contributed by atoms with Crippen molar-refractivity contribution in [3.63, 3.8) is 0 Å². The molecule has 2 N–H and O–H groups in total. The Morgan fingerprint density at radius 1 is 1.38 bits per heavy atom. The van der Waals surface area contributed by atoms with E-state index in [0.29, 0.717) is 13.1 Å². The number of nitrogens with zero attached hydrogens (tertiary/aromatic N) is 5. The molecule has 0 atom stereocenters. The minimum atomic E-state index is 0. The van der Waals surface area contributed by atoms with Gasteiger partial charge < -0.3 is 15.2 Å². The summed E-state index contributed by atoms with van der Waals surface area (Å²) in [6.45, 7) is 9.55. The molecule has 0 saturated carbocycles. The van der Waals surface area contributed by atoms with Gasteiger partial charge in [0.1, 0.15) is 12.4 Å². The minimum absolute atomic E-state index is 0. The maximum atomic E-state index is 4.55. The molecule has 0 aliphatic carbocycles. The number of aliphatic imine (C=N–C) groups is 1. The molecule has 2 heterocycles. The van der Waals surface area contributed by atoms with Crippen molar-refractivity contribution in [3.8, 4) is 0 Å². The molecule has 2 aromatic heterocycles. The van der Waals surface area contributed by atoms with E-state index >= 15 is 0 Å². The van der Waals surface area contributed by atoms with E-state index in [0.717, 1.165) is 41.3 Å². The first kappa shape index (κ1) is 20.6. The molecular formula is C15H24IN7S. The Labute approximate surface area is 163 Å². The number of hydrogen-bond donors (Lipinski definition) is 2. The van der Waals surface area contributed by atoms with Gasteiger partial charge in [-0.25, -0.2) is 9.98 Å². The summed E-state index contributed by atoms with van der Waals surface area (Å²) in [4.78, 5) is 9.01. The van der Waals surface area contributed by atoms with E-state index in [1.165, 1.54) is 0 Å². The lowest BCUT2D eigenvalue weighted by molar-refractivity contribution is 0.755.